The summed E-state index contributed by atoms with van der Waals surface area (Å²) in [6, 6.07) is 26.9. The number of amides is 1. The standard InChI is InChI=1S/C28H29N3O2/c1-33-27-14-8-7-13-26(27)29-15-17-30(18-16-29)28(32)19-23-21-31(20-22-9-3-2-4-10-22)25-12-6-5-11-24(23)25/h2-14,21H,15-20H2,1H3. The molecule has 5 rings (SSSR count). The number of hydrogen-bond donors (Lipinski definition) is 0. The van der Waals surface area contributed by atoms with Crippen molar-refractivity contribution in [2.24, 2.45) is 0 Å². The fraction of sp³-hybridized carbons (Fsp3) is 0.250. The predicted octanol–water partition coefficient (Wildman–Crippen LogP) is 4.59. The summed E-state index contributed by atoms with van der Waals surface area (Å²) in [5.41, 5.74) is 4.61. The summed E-state index contributed by atoms with van der Waals surface area (Å²) < 4.78 is 7.77. The normalized spacial score (nSPS) is 14.0. The molecule has 0 spiro atoms. The van der Waals surface area contributed by atoms with Gasteiger partial charge < -0.3 is 19.1 Å². The Labute approximate surface area is 194 Å². The van der Waals surface area contributed by atoms with Gasteiger partial charge in [0, 0.05) is 49.8 Å². The third-order valence-corrected chi connectivity index (χ3v) is 6.47. The van der Waals surface area contributed by atoms with E-state index in [4.69, 9.17) is 4.74 Å². The molecule has 1 aromatic heterocycles. The molecular formula is C28H29N3O2. The summed E-state index contributed by atoms with van der Waals surface area (Å²) in [6.45, 7) is 3.86. The number of para-hydroxylation sites is 3. The van der Waals surface area contributed by atoms with Gasteiger partial charge in [0.1, 0.15) is 5.75 Å². The average Bonchev–Trinajstić information content (AvgIpc) is 3.21. The Morgan fingerprint density at radius 2 is 1.55 bits per heavy atom. The number of nitrogens with zero attached hydrogens (tertiary/aromatic N) is 3. The van der Waals surface area contributed by atoms with E-state index < -0.39 is 0 Å². The smallest absolute Gasteiger partial charge is 0.227 e. The minimum Gasteiger partial charge on any atom is -0.495 e. The van der Waals surface area contributed by atoms with Crippen molar-refractivity contribution in [2.75, 3.05) is 38.2 Å². The van der Waals surface area contributed by atoms with Crippen LogP contribution in [0.3, 0.4) is 0 Å². The Morgan fingerprint density at radius 3 is 2.33 bits per heavy atom. The van der Waals surface area contributed by atoms with E-state index in [2.05, 4.69) is 70.3 Å². The summed E-state index contributed by atoms with van der Waals surface area (Å²) in [4.78, 5) is 17.5. The summed E-state index contributed by atoms with van der Waals surface area (Å²) in [5, 5.41) is 1.16. The first-order valence-electron chi connectivity index (χ1n) is 11.5. The fourth-order valence-corrected chi connectivity index (χ4v) is 4.74. The molecule has 1 amide bonds. The maximum atomic E-state index is 13.2. The van der Waals surface area contributed by atoms with Crippen LogP contribution in [0.15, 0.2) is 85.1 Å². The number of fused-ring (bicyclic) bond motifs is 1. The number of methoxy groups -OCH3 is 1. The number of ether oxygens (including phenoxy) is 1. The van der Waals surface area contributed by atoms with Crippen molar-refractivity contribution in [1.82, 2.24) is 9.47 Å². The average molecular weight is 440 g/mol. The number of anilines is 1. The van der Waals surface area contributed by atoms with Crippen LogP contribution in [0.25, 0.3) is 10.9 Å². The number of carbonyl (C=O) groups is 1. The van der Waals surface area contributed by atoms with E-state index in [9.17, 15) is 4.79 Å². The Kier molecular flexibility index (Phi) is 6.03. The highest BCUT2D eigenvalue weighted by atomic mass is 16.5. The lowest BCUT2D eigenvalue weighted by molar-refractivity contribution is -0.130. The Balaban J connectivity index is 1.29. The first kappa shape index (κ1) is 21.1. The quantitative estimate of drug-likeness (QED) is 0.441. The van der Waals surface area contributed by atoms with Crippen LogP contribution in [0.1, 0.15) is 11.1 Å². The van der Waals surface area contributed by atoms with Gasteiger partial charge in [-0.05, 0) is 29.3 Å². The van der Waals surface area contributed by atoms with Crippen LogP contribution >= 0.6 is 0 Å². The second-order valence-electron chi connectivity index (χ2n) is 8.50. The Bertz CT molecular complexity index is 1240. The lowest BCUT2D eigenvalue weighted by atomic mass is 10.1. The molecule has 1 fully saturated rings. The molecule has 0 saturated carbocycles. The van der Waals surface area contributed by atoms with Gasteiger partial charge in [-0.3, -0.25) is 4.79 Å². The Morgan fingerprint density at radius 1 is 0.848 bits per heavy atom. The van der Waals surface area contributed by atoms with E-state index in [0.29, 0.717) is 6.42 Å². The molecule has 0 aliphatic carbocycles. The molecule has 5 heteroatoms. The van der Waals surface area contributed by atoms with E-state index in [1.165, 1.54) is 11.1 Å². The summed E-state index contributed by atoms with van der Waals surface area (Å²) in [6.07, 6.45) is 2.58. The number of benzene rings is 3. The van der Waals surface area contributed by atoms with Crippen molar-refractivity contribution < 1.29 is 9.53 Å². The predicted molar refractivity (Wildman–Crippen MR) is 133 cm³/mol. The molecule has 0 unspecified atom stereocenters. The lowest BCUT2D eigenvalue weighted by Gasteiger charge is -2.36. The van der Waals surface area contributed by atoms with Crippen molar-refractivity contribution in [3.8, 4) is 5.75 Å². The van der Waals surface area contributed by atoms with Gasteiger partial charge in [0.05, 0.1) is 19.2 Å². The second kappa shape index (κ2) is 9.41. The molecule has 0 N–H and O–H groups in total. The van der Waals surface area contributed by atoms with Crippen LogP contribution in [0.2, 0.25) is 0 Å². The molecule has 2 heterocycles. The molecule has 5 nitrogen and oxygen atoms in total. The van der Waals surface area contributed by atoms with Crippen molar-refractivity contribution >= 4 is 22.5 Å². The zero-order valence-corrected chi connectivity index (χ0v) is 19.0. The minimum atomic E-state index is 0.192. The van der Waals surface area contributed by atoms with Crippen molar-refractivity contribution in [3.63, 3.8) is 0 Å². The van der Waals surface area contributed by atoms with Crippen LogP contribution in [0.4, 0.5) is 5.69 Å². The molecule has 3 aromatic carbocycles. The largest absolute Gasteiger partial charge is 0.495 e. The molecule has 0 bridgehead atoms. The van der Waals surface area contributed by atoms with Crippen LogP contribution in [0, 0.1) is 0 Å². The third kappa shape index (κ3) is 4.44. The van der Waals surface area contributed by atoms with E-state index >= 15 is 0 Å². The second-order valence-corrected chi connectivity index (χ2v) is 8.50. The first-order valence-corrected chi connectivity index (χ1v) is 11.5. The van der Waals surface area contributed by atoms with Gasteiger partial charge in [-0.25, -0.2) is 0 Å². The topological polar surface area (TPSA) is 37.7 Å². The van der Waals surface area contributed by atoms with Crippen molar-refractivity contribution in [2.45, 2.75) is 13.0 Å². The van der Waals surface area contributed by atoms with Crippen LogP contribution in [0.5, 0.6) is 5.75 Å². The summed E-state index contributed by atoms with van der Waals surface area (Å²) in [5.74, 6) is 1.07. The van der Waals surface area contributed by atoms with E-state index in [1.807, 2.05) is 29.2 Å². The molecule has 1 aliphatic heterocycles. The maximum absolute atomic E-state index is 13.2. The molecule has 168 valence electrons. The van der Waals surface area contributed by atoms with E-state index in [0.717, 1.165) is 55.1 Å². The highest BCUT2D eigenvalue weighted by Gasteiger charge is 2.24. The van der Waals surface area contributed by atoms with E-state index in [1.54, 1.807) is 7.11 Å². The number of aromatic nitrogens is 1. The number of rotatable bonds is 6. The lowest BCUT2D eigenvalue weighted by Crippen LogP contribution is -2.49. The Hall–Kier alpha value is -3.73. The highest BCUT2D eigenvalue weighted by molar-refractivity contribution is 5.89. The monoisotopic (exact) mass is 439 g/mol. The highest BCUT2D eigenvalue weighted by Crippen LogP contribution is 2.29. The van der Waals surface area contributed by atoms with Gasteiger partial charge >= 0.3 is 0 Å². The molecule has 33 heavy (non-hydrogen) atoms. The summed E-state index contributed by atoms with van der Waals surface area (Å²) >= 11 is 0. The number of carbonyl (C=O) groups excluding carboxylic acids is 1. The molecule has 4 aromatic rings. The molecule has 1 saturated heterocycles. The third-order valence-electron chi connectivity index (χ3n) is 6.47. The molecular weight excluding hydrogens is 410 g/mol. The van der Waals surface area contributed by atoms with Crippen LogP contribution in [-0.2, 0) is 17.8 Å². The first-order chi connectivity index (χ1) is 16.2. The van der Waals surface area contributed by atoms with Gasteiger partial charge in [-0.2, -0.15) is 0 Å². The van der Waals surface area contributed by atoms with Gasteiger partial charge in [0.2, 0.25) is 5.91 Å². The molecule has 0 atom stereocenters. The van der Waals surface area contributed by atoms with Gasteiger partial charge in [0.25, 0.3) is 0 Å². The van der Waals surface area contributed by atoms with Crippen molar-refractivity contribution in [3.05, 3.63) is 96.2 Å². The van der Waals surface area contributed by atoms with Crippen molar-refractivity contribution in [1.29, 1.82) is 0 Å². The number of hydrogen-bond acceptors (Lipinski definition) is 3. The summed E-state index contributed by atoms with van der Waals surface area (Å²) in [7, 11) is 1.70. The van der Waals surface area contributed by atoms with Gasteiger partial charge in [-0.1, -0.05) is 60.7 Å². The van der Waals surface area contributed by atoms with E-state index in [-0.39, 0.29) is 5.91 Å². The molecule has 1 aliphatic rings. The van der Waals surface area contributed by atoms with Crippen LogP contribution < -0.4 is 9.64 Å². The van der Waals surface area contributed by atoms with Gasteiger partial charge in [0.15, 0.2) is 0 Å². The van der Waals surface area contributed by atoms with Crippen LogP contribution in [-0.4, -0.2) is 48.7 Å². The number of piperazine rings is 1. The zero-order valence-electron chi connectivity index (χ0n) is 19.0. The minimum absolute atomic E-state index is 0.192. The zero-order chi connectivity index (χ0) is 22.6. The SMILES string of the molecule is COc1ccccc1N1CCN(C(=O)Cc2cn(Cc3ccccc3)c3ccccc23)CC1. The molecule has 0 radical (unpaired) electrons. The van der Waals surface area contributed by atoms with Gasteiger partial charge in [-0.15, -0.1) is 0 Å². The maximum Gasteiger partial charge on any atom is 0.227 e. The fourth-order valence-electron chi connectivity index (χ4n) is 4.74.